The molecule has 0 spiro atoms. The minimum absolute atomic E-state index is 0.136. The molecule has 0 unspecified atom stereocenters. The van der Waals surface area contributed by atoms with E-state index in [2.05, 4.69) is 17.2 Å². The van der Waals surface area contributed by atoms with E-state index < -0.39 is 4.92 Å². The number of pyridine rings is 1. The van der Waals surface area contributed by atoms with Gasteiger partial charge in [0.25, 0.3) is 0 Å². The van der Waals surface area contributed by atoms with Crippen LogP contribution in [0.5, 0.6) is 0 Å². The molecule has 88 valence electrons. The second-order valence-corrected chi connectivity index (χ2v) is 4.38. The van der Waals surface area contributed by atoms with Gasteiger partial charge in [-0.2, -0.15) is 5.26 Å². The predicted molar refractivity (Wildman–Crippen MR) is 61.4 cm³/mol. The zero-order valence-corrected chi connectivity index (χ0v) is 9.38. The second-order valence-electron chi connectivity index (χ2n) is 4.38. The fourth-order valence-electron chi connectivity index (χ4n) is 1.98. The number of rotatable bonds is 3. The lowest BCUT2D eigenvalue weighted by Gasteiger charge is -2.33. The molecule has 6 heteroatoms. The maximum atomic E-state index is 10.9. The zero-order chi connectivity index (χ0) is 12.4. The first-order chi connectivity index (χ1) is 8.10. The van der Waals surface area contributed by atoms with Crippen LogP contribution in [0, 0.1) is 27.4 Å². The molecular weight excluding hydrogens is 220 g/mol. The van der Waals surface area contributed by atoms with Gasteiger partial charge in [0.05, 0.1) is 10.5 Å². The molecule has 0 aliphatic heterocycles. The van der Waals surface area contributed by atoms with Crippen LogP contribution in [0.15, 0.2) is 12.3 Å². The van der Waals surface area contributed by atoms with E-state index in [-0.39, 0.29) is 23.1 Å². The molecule has 1 heterocycles. The van der Waals surface area contributed by atoms with Crippen molar-refractivity contribution in [3.63, 3.8) is 0 Å². The molecule has 1 saturated carbocycles. The monoisotopic (exact) mass is 232 g/mol. The lowest BCUT2D eigenvalue weighted by atomic mass is 9.82. The number of anilines is 1. The van der Waals surface area contributed by atoms with Gasteiger partial charge in [-0.15, -0.1) is 0 Å². The van der Waals surface area contributed by atoms with Gasteiger partial charge in [0, 0.05) is 18.3 Å². The van der Waals surface area contributed by atoms with Crippen molar-refractivity contribution in [3.05, 3.63) is 27.9 Å². The Morgan fingerprint density at radius 2 is 2.35 bits per heavy atom. The molecular formula is C11H12N4O2. The minimum atomic E-state index is -0.516. The van der Waals surface area contributed by atoms with Gasteiger partial charge in [-0.3, -0.25) is 10.1 Å². The van der Waals surface area contributed by atoms with Gasteiger partial charge in [0.15, 0.2) is 0 Å². The van der Waals surface area contributed by atoms with Gasteiger partial charge in [-0.05, 0) is 18.8 Å². The Morgan fingerprint density at radius 3 is 2.88 bits per heavy atom. The third-order valence-electron chi connectivity index (χ3n) is 2.91. The van der Waals surface area contributed by atoms with Gasteiger partial charge >= 0.3 is 5.69 Å². The van der Waals surface area contributed by atoms with Gasteiger partial charge in [0.2, 0.25) is 5.82 Å². The van der Waals surface area contributed by atoms with Crippen LogP contribution >= 0.6 is 0 Å². The summed E-state index contributed by atoms with van der Waals surface area (Å²) in [7, 11) is 0. The van der Waals surface area contributed by atoms with Crippen molar-refractivity contribution in [3.8, 4) is 6.07 Å². The van der Waals surface area contributed by atoms with E-state index in [9.17, 15) is 10.1 Å². The average Bonchev–Trinajstić information content (AvgIpc) is 2.27. The number of nitriles is 1. The maximum Gasteiger partial charge on any atom is 0.312 e. The highest BCUT2D eigenvalue weighted by Crippen LogP contribution is 2.31. The van der Waals surface area contributed by atoms with Crippen molar-refractivity contribution in [2.24, 2.45) is 5.92 Å². The van der Waals surface area contributed by atoms with E-state index >= 15 is 0 Å². The van der Waals surface area contributed by atoms with Gasteiger partial charge in [0.1, 0.15) is 6.07 Å². The zero-order valence-electron chi connectivity index (χ0n) is 9.38. The maximum absolute atomic E-state index is 10.9. The molecule has 0 aromatic carbocycles. The van der Waals surface area contributed by atoms with Crippen molar-refractivity contribution in [2.45, 2.75) is 25.8 Å². The number of hydrogen-bond donors (Lipinski definition) is 1. The number of nitro groups is 1. The summed E-state index contributed by atoms with van der Waals surface area (Å²) < 4.78 is 0. The Bertz CT molecular complexity index is 489. The van der Waals surface area contributed by atoms with Crippen LogP contribution < -0.4 is 5.32 Å². The molecule has 0 bridgehead atoms. The van der Waals surface area contributed by atoms with Crippen molar-refractivity contribution < 1.29 is 4.92 Å². The molecule has 1 aliphatic rings. The van der Waals surface area contributed by atoms with Crippen molar-refractivity contribution in [1.29, 1.82) is 5.26 Å². The molecule has 1 aromatic rings. The number of nitrogens with one attached hydrogen (secondary N) is 1. The van der Waals surface area contributed by atoms with Crippen LogP contribution in [0.1, 0.15) is 25.3 Å². The van der Waals surface area contributed by atoms with Crippen LogP contribution in [-0.2, 0) is 0 Å². The van der Waals surface area contributed by atoms with Crippen LogP contribution in [0.2, 0.25) is 0 Å². The highest BCUT2D eigenvalue weighted by molar-refractivity contribution is 5.58. The average molecular weight is 232 g/mol. The lowest BCUT2D eigenvalue weighted by Crippen LogP contribution is -2.34. The van der Waals surface area contributed by atoms with E-state index in [4.69, 9.17) is 5.26 Å². The van der Waals surface area contributed by atoms with E-state index in [0.717, 1.165) is 12.8 Å². The Hall–Kier alpha value is -2.16. The van der Waals surface area contributed by atoms with E-state index in [1.54, 1.807) is 0 Å². The first-order valence-electron chi connectivity index (χ1n) is 5.41. The van der Waals surface area contributed by atoms with Crippen LogP contribution in [0.4, 0.5) is 11.5 Å². The summed E-state index contributed by atoms with van der Waals surface area (Å²) in [6.07, 6.45) is 3.34. The number of nitrogens with zero attached hydrogens (tertiary/aromatic N) is 3. The molecule has 0 atom stereocenters. The molecule has 6 nitrogen and oxygen atoms in total. The summed E-state index contributed by atoms with van der Waals surface area (Å²) in [5.41, 5.74) is 0.0628. The SMILES string of the molecule is CC1CC(Nc2ncc(C#N)cc2[N+](=O)[O-])C1. The summed E-state index contributed by atoms with van der Waals surface area (Å²) in [6.45, 7) is 2.14. The van der Waals surface area contributed by atoms with Crippen molar-refractivity contribution >= 4 is 11.5 Å². The normalized spacial score (nSPS) is 22.4. The Morgan fingerprint density at radius 1 is 1.65 bits per heavy atom. The fourth-order valence-corrected chi connectivity index (χ4v) is 1.98. The Balaban J connectivity index is 2.21. The third kappa shape index (κ3) is 2.33. The highest BCUT2D eigenvalue weighted by Gasteiger charge is 2.28. The quantitative estimate of drug-likeness (QED) is 0.636. The van der Waals surface area contributed by atoms with E-state index in [0.29, 0.717) is 5.92 Å². The summed E-state index contributed by atoms with van der Waals surface area (Å²) in [6, 6.07) is 3.34. The highest BCUT2D eigenvalue weighted by atomic mass is 16.6. The summed E-state index contributed by atoms with van der Waals surface area (Å²) in [5, 5.41) is 22.6. The molecule has 1 N–H and O–H groups in total. The first-order valence-corrected chi connectivity index (χ1v) is 5.41. The van der Waals surface area contributed by atoms with Crippen LogP contribution in [-0.4, -0.2) is 15.9 Å². The summed E-state index contributed by atoms with van der Waals surface area (Å²) in [4.78, 5) is 14.3. The van der Waals surface area contributed by atoms with Crippen molar-refractivity contribution in [1.82, 2.24) is 4.98 Å². The topological polar surface area (TPSA) is 91.8 Å². The van der Waals surface area contributed by atoms with E-state index in [1.165, 1.54) is 12.3 Å². The molecule has 1 aliphatic carbocycles. The van der Waals surface area contributed by atoms with Crippen LogP contribution in [0.25, 0.3) is 0 Å². The molecule has 1 fully saturated rings. The standard InChI is InChI=1S/C11H12N4O2/c1-7-2-9(3-7)14-11-10(15(16)17)4-8(5-12)6-13-11/h4,6-7,9H,2-3H2,1H3,(H,13,14). The largest absolute Gasteiger partial charge is 0.362 e. The Kier molecular flexibility index (Phi) is 2.91. The molecule has 2 rings (SSSR count). The molecule has 1 aromatic heterocycles. The lowest BCUT2D eigenvalue weighted by molar-refractivity contribution is -0.384. The Labute approximate surface area is 98.4 Å². The fraction of sp³-hybridized carbons (Fsp3) is 0.455. The van der Waals surface area contributed by atoms with Crippen molar-refractivity contribution in [2.75, 3.05) is 5.32 Å². The summed E-state index contributed by atoms with van der Waals surface area (Å²) >= 11 is 0. The summed E-state index contributed by atoms with van der Waals surface area (Å²) in [5.74, 6) is 0.913. The van der Waals surface area contributed by atoms with Crippen LogP contribution in [0.3, 0.4) is 0 Å². The predicted octanol–water partition coefficient (Wildman–Crippen LogP) is 2.07. The third-order valence-corrected chi connectivity index (χ3v) is 2.91. The number of aromatic nitrogens is 1. The smallest absolute Gasteiger partial charge is 0.312 e. The van der Waals surface area contributed by atoms with Gasteiger partial charge in [-0.1, -0.05) is 6.92 Å². The first kappa shape index (κ1) is 11.3. The molecule has 0 saturated heterocycles. The molecule has 0 radical (unpaired) electrons. The van der Waals surface area contributed by atoms with Gasteiger partial charge < -0.3 is 5.32 Å². The second kappa shape index (κ2) is 4.37. The van der Waals surface area contributed by atoms with E-state index in [1.807, 2.05) is 6.07 Å². The molecule has 17 heavy (non-hydrogen) atoms. The number of hydrogen-bond acceptors (Lipinski definition) is 5. The minimum Gasteiger partial charge on any atom is -0.362 e. The molecule has 0 amide bonds. The van der Waals surface area contributed by atoms with Gasteiger partial charge in [-0.25, -0.2) is 4.98 Å².